The molecule has 0 radical (unpaired) electrons. The molecule has 1 rings (SSSR count). The van der Waals surface area contributed by atoms with Gasteiger partial charge in [0, 0.05) is 20.0 Å². The third-order valence-corrected chi connectivity index (χ3v) is 5.02. The Balaban J connectivity index is 2.35. The average Bonchev–Trinajstić information content (AvgIpc) is 2.51. The van der Waals surface area contributed by atoms with Gasteiger partial charge in [0.25, 0.3) is 0 Å². The van der Waals surface area contributed by atoms with Crippen LogP contribution in [0.4, 0.5) is 0 Å². The van der Waals surface area contributed by atoms with Crippen molar-refractivity contribution in [1.82, 2.24) is 9.62 Å². The van der Waals surface area contributed by atoms with Crippen molar-refractivity contribution in [2.24, 2.45) is 0 Å². The van der Waals surface area contributed by atoms with E-state index in [0.717, 1.165) is 4.31 Å². The molecule has 0 saturated carbocycles. The fraction of sp³-hybridized carbons (Fsp3) is 0.467. The topological polar surface area (TPSA) is 104 Å². The van der Waals surface area contributed by atoms with E-state index >= 15 is 0 Å². The Morgan fingerprint density at radius 3 is 2.39 bits per heavy atom. The molecule has 8 heteroatoms. The maximum Gasteiger partial charge on any atom is 0.303 e. The van der Waals surface area contributed by atoms with Crippen LogP contribution in [0.1, 0.15) is 25.7 Å². The van der Waals surface area contributed by atoms with Crippen LogP contribution in [0.5, 0.6) is 0 Å². The van der Waals surface area contributed by atoms with Crippen molar-refractivity contribution in [3.8, 4) is 0 Å². The predicted octanol–water partition coefficient (Wildman–Crippen LogP) is 1.07. The molecule has 128 valence electrons. The second-order valence-electron chi connectivity index (χ2n) is 5.13. The number of benzene rings is 1. The van der Waals surface area contributed by atoms with Crippen LogP contribution in [-0.4, -0.2) is 49.8 Å². The van der Waals surface area contributed by atoms with Gasteiger partial charge in [-0.2, -0.15) is 4.31 Å². The van der Waals surface area contributed by atoms with Crippen LogP contribution in [0, 0.1) is 0 Å². The van der Waals surface area contributed by atoms with Crippen LogP contribution >= 0.6 is 0 Å². The summed E-state index contributed by atoms with van der Waals surface area (Å²) in [5, 5.41) is 11.1. The van der Waals surface area contributed by atoms with Gasteiger partial charge in [0.05, 0.1) is 11.4 Å². The number of likely N-dealkylation sites (N-methyl/N-ethyl adjacent to an activating group) is 1. The molecule has 1 amide bonds. The third kappa shape index (κ3) is 6.79. The number of unbranched alkanes of at least 4 members (excludes halogenated alkanes) is 2. The SMILES string of the molecule is CN(CC(=O)NCCCCCC(=O)O)S(=O)(=O)c1ccccc1. The van der Waals surface area contributed by atoms with Gasteiger partial charge in [-0.15, -0.1) is 0 Å². The van der Waals surface area contributed by atoms with Crippen LogP contribution < -0.4 is 5.32 Å². The number of carboxylic acids is 1. The average molecular weight is 342 g/mol. The van der Waals surface area contributed by atoms with E-state index in [1.54, 1.807) is 18.2 Å². The number of sulfonamides is 1. The summed E-state index contributed by atoms with van der Waals surface area (Å²) < 4.78 is 25.5. The minimum Gasteiger partial charge on any atom is -0.481 e. The molecule has 0 bridgehead atoms. The van der Waals surface area contributed by atoms with Crippen LogP contribution in [0.3, 0.4) is 0 Å². The smallest absolute Gasteiger partial charge is 0.303 e. The van der Waals surface area contributed by atoms with E-state index in [-0.39, 0.29) is 23.8 Å². The summed E-state index contributed by atoms with van der Waals surface area (Å²) in [4.78, 5) is 22.2. The van der Waals surface area contributed by atoms with Crippen molar-refractivity contribution in [2.45, 2.75) is 30.6 Å². The highest BCUT2D eigenvalue weighted by atomic mass is 32.2. The van der Waals surface area contributed by atoms with E-state index in [1.807, 2.05) is 0 Å². The first-order valence-electron chi connectivity index (χ1n) is 7.34. The summed E-state index contributed by atoms with van der Waals surface area (Å²) >= 11 is 0. The molecule has 0 fully saturated rings. The molecule has 7 nitrogen and oxygen atoms in total. The predicted molar refractivity (Wildman–Crippen MR) is 85.4 cm³/mol. The molecule has 0 unspecified atom stereocenters. The Bertz CT molecular complexity index is 616. The van der Waals surface area contributed by atoms with Crippen molar-refractivity contribution in [1.29, 1.82) is 0 Å². The fourth-order valence-corrected chi connectivity index (χ4v) is 3.07. The van der Waals surface area contributed by atoms with Gasteiger partial charge in [0.1, 0.15) is 0 Å². The molecule has 0 aliphatic heterocycles. The molecule has 0 spiro atoms. The van der Waals surface area contributed by atoms with E-state index in [2.05, 4.69) is 5.32 Å². The number of carboxylic acid groups (broad SMARTS) is 1. The number of aliphatic carboxylic acids is 1. The Kier molecular flexibility index (Phi) is 7.70. The highest BCUT2D eigenvalue weighted by molar-refractivity contribution is 7.89. The second-order valence-corrected chi connectivity index (χ2v) is 7.17. The number of hydrogen-bond donors (Lipinski definition) is 2. The van der Waals surface area contributed by atoms with Crippen molar-refractivity contribution in [2.75, 3.05) is 20.1 Å². The Hall–Kier alpha value is -1.93. The van der Waals surface area contributed by atoms with Gasteiger partial charge in [-0.3, -0.25) is 9.59 Å². The Labute approximate surface area is 136 Å². The van der Waals surface area contributed by atoms with E-state index in [1.165, 1.54) is 19.2 Å². The lowest BCUT2D eigenvalue weighted by Crippen LogP contribution is -2.38. The number of carbonyl (C=O) groups excluding carboxylic acids is 1. The van der Waals surface area contributed by atoms with Gasteiger partial charge in [0.15, 0.2) is 0 Å². The molecule has 0 aliphatic carbocycles. The number of hydrogen-bond acceptors (Lipinski definition) is 4. The fourth-order valence-electron chi connectivity index (χ4n) is 1.92. The molecular formula is C15H22N2O5S. The van der Waals surface area contributed by atoms with Gasteiger partial charge in [-0.1, -0.05) is 24.6 Å². The van der Waals surface area contributed by atoms with E-state index < -0.39 is 16.0 Å². The maximum absolute atomic E-state index is 12.2. The summed E-state index contributed by atoms with van der Waals surface area (Å²) in [5.74, 6) is -1.22. The number of carbonyl (C=O) groups is 2. The first kappa shape index (κ1) is 19.1. The lowest BCUT2D eigenvalue weighted by molar-refractivity contribution is -0.137. The van der Waals surface area contributed by atoms with Crippen LogP contribution in [-0.2, 0) is 19.6 Å². The summed E-state index contributed by atoms with van der Waals surface area (Å²) in [6, 6.07) is 7.92. The number of nitrogens with zero attached hydrogens (tertiary/aromatic N) is 1. The summed E-state index contributed by atoms with van der Waals surface area (Å²) in [6.45, 7) is 0.143. The van der Waals surface area contributed by atoms with Gasteiger partial charge < -0.3 is 10.4 Å². The standard InChI is InChI=1S/C15H22N2O5S/c1-17(23(21,22)13-8-4-2-5-9-13)12-14(18)16-11-7-3-6-10-15(19)20/h2,4-5,8-9H,3,6-7,10-12H2,1H3,(H,16,18)(H,19,20). The molecule has 0 atom stereocenters. The minimum atomic E-state index is -3.68. The molecular weight excluding hydrogens is 320 g/mol. The zero-order valence-electron chi connectivity index (χ0n) is 13.1. The van der Waals surface area contributed by atoms with Crippen LogP contribution in [0.15, 0.2) is 35.2 Å². The molecule has 1 aromatic carbocycles. The zero-order valence-corrected chi connectivity index (χ0v) is 13.9. The number of rotatable bonds is 10. The monoisotopic (exact) mass is 342 g/mol. The lowest BCUT2D eigenvalue weighted by Gasteiger charge is -2.16. The third-order valence-electron chi connectivity index (χ3n) is 3.21. The number of amides is 1. The van der Waals surface area contributed by atoms with Gasteiger partial charge in [0.2, 0.25) is 15.9 Å². The second kappa shape index (κ2) is 9.26. The molecule has 0 saturated heterocycles. The van der Waals surface area contributed by atoms with E-state index in [4.69, 9.17) is 5.11 Å². The molecule has 0 heterocycles. The summed E-state index contributed by atoms with van der Waals surface area (Å²) in [6.07, 6.45) is 2.04. The zero-order chi connectivity index (χ0) is 17.3. The van der Waals surface area contributed by atoms with Crippen LogP contribution in [0.2, 0.25) is 0 Å². The molecule has 0 aliphatic rings. The largest absolute Gasteiger partial charge is 0.481 e. The summed E-state index contributed by atoms with van der Waals surface area (Å²) in [7, 11) is -2.32. The van der Waals surface area contributed by atoms with Crippen molar-refractivity contribution >= 4 is 21.9 Å². The highest BCUT2D eigenvalue weighted by Gasteiger charge is 2.22. The first-order chi connectivity index (χ1) is 10.8. The van der Waals surface area contributed by atoms with E-state index in [9.17, 15) is 18.0 Å². The van der Waals surface area contributed by atoms with Gasteiger partial charge >= 0.3 is 5.97 Å². The molecule has 0 aromatic heterocycles. The van der Waals surface area contributed by atoms with Crippen LogP contribution in [0.25, 0.3) is 0 Å². The van der Waals surface area contributed by atoms with Crippen molar-refractivity contribution in [3.05, 3.63) is 30.3 Å². The van der Waals surface area contributed by atoms with Crippen molar-refractivity contribution in [3.63, 3.8) is 0 Å². The quantitative estimate of drug-likeness (QED) is 0.619. The molecule has 1 aromatic rings. The lowest BCUT2D eigenvalue weighted by atomic mass is 10.2. The Morgan fingerprint density at radius 1 is 1.13 bits per heavy atom. The van der Waals surface area contributed by atoms with E-state index in [0.29, 0.717) is 25.8 Å². The van der Waals surface area contributed by atoms with Gasteiger partial charge in [-0.25, -0.2) is 8.42 Å². The number of nitrogens with one attached hydrogen (secondary N) is 1. The molecule has 23 heavy (non-hydrogen) atoms. The summed E-state index contributed by atoms with van der Waals surface area (Å²) in [5.41, 5.74) is 0. The van der Waals surface area contributed by atoms with Gasteiger partial charge in [-0.05, 0) is 25.0 Å². The highest BCUT2D eigenvalue weighted by Crippen LogP contribution is 2.12. The van der Waals surface area contributed by atoms with Crippen molar-refractivity contribution < 1.29 is 23.1 Å². The Morgan fingerprint density at radius 2 is 1.78 bits per heavy atom. The normalized spacial score (nSPS) is 11.4. The first-order valence-corrected chi connectivity index (χ1v) is 8.78. The molecule has 2 N–H and O–H groups in total. The minimum absolute atomic E-state index is 0.117. The maximum atomic E-state index is 12.2.